The number of aliphatic hydroxyl groups excluding tert-OH is 3. The number of carboxylic acids is 1. The summed E-state index contributed by atoms with van der Waals surface area (Å²) in [7, 11) is 0. The van der Waals surface area contributed by atoms with Gasteiger partial charge in [0.05, 0.1) is 16.5 Å². The molecule has 0 bridgehead atoms. The second-order valence-corrected chi connectivity index (χ2v) is 6.56. The van der Waals surface area contributed by atoms with E-state index < -0.39 is 36.7 Å². The fraction of sp³-hybridized carbons (Fsp3) is 0.357. The molecular formula is C14H12BrClNO7-. The van der Waals surface area contributed by atoms with Crippen LogP contribution in [0.15, 0.2) is 22.8 Å². The average Bonchev–Trinajstić information content (AvgIpc) is 2.90. The molecule has 8 nitrogen and oxygen atoms in total. The lowest BCUT2D eigenvalue weighted by atomic mass is 9.99. The highest BCUT2D eigenvalue weighted by Crippen LogP contribution is 2.34. The van der Waals surface area contributed by atoms with Crippen molar-refractivity contribution < 1.29 is 34.7 Å². The van der Waals surface area contributed by atoms with Crippen LogP contribution in [0.25, 0.3) is 10.9 Å². The summed E-state index contributed by atoms with van der Waals surface area (Å²) < 4.78 is 11.1. The molecular weight excluding hydrogens is 410 g/mol. The lowest BCUT2D eigenvalue weighted by Gasteiger charge is -2.40. The predicted molar refractivity (Wildman–Crippen MR) is 83.3 cm³/mol. The molecule has 0 radical (unpaired) electrons. The molecule has 1 aliphatic rings. The van der Waals surface area contributed by atoms with Crippen molar-refractivity contribution >= 4 is 44.4 Å². The van der Waals surface area contributed by atoms with E-state index in [9.17, 15) is 25.2 Å². The van der Waals surface area contributed by atoms with E-state index >= 15 is 0 Å². The number of aromatic nitrogens is 1. The van der Waals surface area contributed by atoms with Gasteiger partial charge >= 0.3 is 0 Å². The Morgan fingerprint density at radius 3 is 2.67 bits per heavy atom. The van der Waals surface area contributed by atoms with E-state index in [-0.39, 0.29) is 5.75 Å². The number of carbonyl (C=O) groups excluding carboxylic acids is 1. The van der Waals surface area contributed by atoms with Gasteiger partial charge in [0.1, 0.15) is 30.2 Å². The number of rotatable bonds is 3. The number of carboxylic acid groups (broad SMARTS) is 1. The van der Waals surface area contributed by atoms with Crippen molar-refractivity contribution in [2.45, 2.75) is 30.7 Å². The van der Waals surface area contributed by atoms with Gasteiger partial charge in [-0.3, -0.25) is 0 Å². The van der Waals surface area contributed by atoms with Crippen molar-refractivity contribution in [1.82, 2.24) is 4.98 Å². The molecule has 0 aliphatic carbocycles. The van der Waals surface area contributed by atoms with Crippen molar-refractivity contribution in [3.8, 4) is 5.75 Å². The van der Waals surface area contributed by atoms with Gasteiger partial charge in [-0.15, -0.1) is 0 Å². The molecule has 1 saturated heterocycles. The molecule has 1 aliphatic heterocycles. The summed E-state index contributed by atoms with van der Waals surface area (Å²) >= 11 is 9.27. The van der Waals surface area contributed by atoms with Gasteiger partial charge in [0.15, 0.2) is 0 Å². The molecule has 1 fully saturated rings. The second kappa shape index (κ2) is 6.51. The van der Waals surface area contributed by atoms with Gasteiger partial charge in [0.25, 0.3) is 0 Å². The first kappa shape index (κ1) is 17.5. The summed E-state index contributed by atoms with van der Waals surface area (Å²) in [5.74, 6) is -1.48. The summed E-state index contributed by atoms with van der Waals surface area (Å²) in [4.78, 5) is 13.9. The van der Waals surface area contributed by atoms with Crippen LogP contribution in [-0.2, 0) is 9.53 Å². The number of ether oxygens (including phenoxy) is 2. The van der Waals surface area contributed by atoms with Gasteiger partial charge < -0.3 is 39.7 Å². The Labute approximate surface area is 148 Å². The number of fused-ring (bicyclic) bond motifs is 1. The van der Waals surface area contributed by atoms with Gasteiger partial charge in [0, 0.05) is 16.1 Å². The van der Waals surface area contributed by atoms with Crippen LogP contribution in [0, 0.1) is 0 Å². The van der Waals surface area contributed by atoms with Crippen LogP contribution in [0.5, 0.6) is 5.75 Å². The second-order valence-electron chi connectivity index (χ2n) is 5.30. The Hall–Kier alpha value is -1.36. The zero-order chi connectivity index (χ0) is 17.6. The molecule has 0 amide bonds. The number of nitrogens with one attached hydrogen (secondary N) is 1. The third-order valence-corrected chi connectivity index (χ3v) is 4.93. The lowest BCUT2D eigenvalue weighted by Crippen LogP contribution is -2.63. The molecule has 10 heteroatoms. The molecule has 0 unspecified atom stereocenters. The van der Waals surface area contributed by atoms with Crippen molar-refractivity contribution in [3.05, 3.63) is 27.8 Å². The first-order valence-electron chi connectivity index (χ1n) is 6.83. The van der Waals surface area contributed by atoms with Gasteiger partial charge in [-0.05, 0) is 28.1 Å². The third kappa shape index (κ3) is 2.99. The summed E-state index contributed by atoms with van der Waals surface area (Å²) in [6, 6.07) is 3.31. The molecule has 1 aromatic carbocycles. The minimum atomic E-state index is -1.83. The number of benzene rings is 1. The van der Waals surface area contributed by atoms with Gasteiger partial charge in [0.2, 0.25) is 6.29 Å². The van der Waals surface area contributed by atoms with E-state index in [1.54, 1.807) is 12.1 Å². The Balaban J connectivity index is 1.90. The maximum absolute atomic E-state index is 11.0. The molecule has 4 N–H and O–H groups in total. The summed E-state index contributed by atoms with van der Waals surface area (Å²) in [5, 5.41) is 41.4. The van der Waals surface area contributed by atoms with Gasteiger partial charge in [-0.1, -0.05) is 11.6 Å². The fourth-order valence-electron chi connectivity index (χ4n) is 2.45. The number of aliphatic carboxylic acids is 1. The first-order valence-corrected chi connectivity index (χ1v) is 8.00. The van der Waals surface area contributed by atoms with E-state index in [0.29, 0.717) is 20.4 Å². The third-order valence-electron chi connectivity index (χ3n) is 3.73. The number of hydrogen-bond donors (Lipinski definition) is 4. The maximum Gasteiger partial charge on any atom is 0.229 e. The molecule has 3 rings (SSSR count). The smallest absolute Gasteiger partial charge is 0.229 e. The monoisotopic (exact) mass is 420 g/mol. The highest BCUT2D eigenvalue weighted by atomic mass is 79.9. The summed E-state index contributed by atoms with van der Waals surface area (Å²) in [6.07, 6.45) is -7.13. The van der Waals surface area contributed by atoms with Crippen molar-refractivity contribution in [2.24, 2.45) is 0 Å². The highest BCUT2D eigenvalue weighted by Gasteiger charge is 2.45. The van der Waals surface area contributed by atoms with Crippen molar-refractivity contribution in [2.75, 3.05) is 0 Å². The SMILES string of the molecule is O=C([O-])[C@H]1O[C@@H](Oc2c[nH]c3cc(Cl)c(Br)cc23)[C@H](O)[C@@H](O)[C@@H]1O. The number of H-pyrrole nitrogens is 1. The van der Waals surface area contributed by atoms with E-state index in [1.807, 2.05) is 0 Å². The Morgan fingerprint density at radius 1 is 1.29 bits per heavy atom. The zero-order valence-electron chi connectivity index (χ0n) is 11.8. The summed E-state index contributed by atoms with van der Waals surface area (Å²) in [6.45, 7) is 0. The van der Waals surface area contributed by atoms with Gasteiger partial charge in [-0.2, -0.15) is 0 Å². The quantitative estimate of drug-likeness (QED) is 0.526. The molecule has 0 saturated carbocycles. The number of carbonyl (C=O) groups is 1. The maximum atomic E-state index is 11.0. The van der Waals surface area contributed by atoms with E-state index in [1.165, 1.54) is 6.20 Å². The minimum absolute atomic E-state index is 0.243. The first-order chi connectivity index (χ1) is 11.3. The fourth-order valence-corrected chi connectivity index (χ4v) is 2.96. The van der Waals surface area contributed by atoms with Gasteiger partial charge in [-0.25, -0.2) is 0 Å². The largest absolute Gasteiger partial charge is 0.547 e. The molecule has 0 spiro atoms. The van der Waals surface area contributed by atoms with Crippen LogP contribution in [0.2, 0.25) is 5.02 Å². The van der Waals surface area contributed by atoms with Crippen LogP contribution in [0.1, 0.15) is 0 Å². The Bertz CT molecular complexity index is 782. The Kier molecular flexibility index (Phi) is 4.73. The standard InChI is InChI=1S/C14H13BrClNO7/c15-5-1-4-7(2-6(5)16)17-3-8(4)23-14-11(20)9(18)10(19)12(24-14)13(21)22/h1-3,9-12,14,17-20H,(H,21,22)/p-1/t9-,10-,11+,12-,14+/m0/s1. The van der Waals surface area contributed by atoms with Crippen molar-refractivity contribution in [1.29, 1.82) is 0 Å². The molecule has 1 aromatic heterocycles. The van der Waals surface area contributed by atoms with Crippen LogP contribution in [-0.4, -0.2) is 57.0 Å². The summed E-state index contributed by atoms with van der Waals surface area (Å²) in [5.41, 5.74) is 0.639. The molecule has 130 valence electrons. The van der Waals surface area contributed by atoms with E-state index in [0.717, 1.165) is 0 Å². The van der Waals surface area contributed by atoms with E-state index in [4.69, 9.17) is 21.1 Å². The lowest BCUT2D eigenvalue weighted by molar-refractivity contribution is -0.342. The van der Waals surface area contributed by atoms with Crippen molar-refractivity contribution in [3.63, 3.8) is 0 Å². The Morgan fingerprint density at radius 2 is 2.00 bits per heavy atom. The topological polar surface area (TPSA) is 135 Å². The van der Waals surface area contributed by atoms with Crippen LogP contribution >= 0.6 is 27.5 Å². The normalized spacial score (nSPS) is 30.5. The predicted octanol–water partition coefficient (Wildman–Crippen LogP) is -0.480. The molecule has 2 heterocycles. The zero-order valence-corrected chi connectivity index (χ0v) is 14.2. The van der Waals surface area contributed by atoms with Crippen LogP contribution in [0.3, 0.4) is 0 Å². The number of hydrogen-bond acceptors (Lipinski definition) is 7. The molecule has 2 aromatic rings. The minimum Gasteiger partial charge on any atom is -0.547 e. The number of aliphatic hydroxyl groups is 3. The average molecular weight is 422 g/mol. The van der Waals surface area contributed by atoms with Crippen LogP contribution < -0.4 is 9.84 Å². The highest BCUT2D eigenvalue weighted by molar-refractivity contribution is 9.10. The van der Waals surface area contributed by atoms with Crippen LogP contribution in [0.4, 0.5) is 0 Å². The molecule has 5 atom stereocenters. The molecule has 24 heavy (non-hydrogen) atoms. The van der Waals surface area contributed by atoms with E-state index in [2.05, 4.69) is 20.9 Å². The number of aromatic amines is 1. The number of halogens is 2.